The lowest BCUT2D eigenvalue weighted by atomic mass is 10.1. The van der Waals surface area contributed by atoms with Gasteiger partial charge in [-0.15, -0.1) is 0 Å². The minimum atomic E-state index is -0.318. The fourth-order valence-electron chi connectivity index (χ4n) is 2.10. The van der Waals surface area contributed by atoms with Crippen molar-refractivity contribution in [3.8, 4) is 0 Å². The molecule has 0 unspecified atom stereocenters. The summed E-state index contributed by atoms with van der Waals surface area (Å²) in [6.45, 7) is 7.91. The number of carbonyl (C=O) groups excluding carboxylic acids is 1. The van der Waals surface area contributed by atoms with E-state index in [1.54, 1.807) is 0 Å². The van der Waals surface area contributed by atoms with E-state index in [-0.39, 0.29) is 23.2 Å². The van der Waals surface area contributed by atoms with Gasteiger partial charge in [0.05, 0.1) is 11.9 Å². The first-order valence-corrected chi connectivity index (χ1v) is 6.89. The van der Waals surface area contributed by atoms with Crippen molar-refractivity contribution in [1.82, 2.24) is 9.97 Å². The molecule has 21 heavy (non-hydrogen) atoms. The van der Waals surface area contributed by atoms with Crippen molar-refractivity contribution in [2.75, 3.05) is 11.1 Å². The molecule has 1 aromatic carbocycles. The second kappa shape index (κ2) is 5.91. The zero-order valence-corrected chi connectivity index (χ0v) is 12.8. The normalized spacial score (nSPS) is 10.7. The average molecular weight is 284 g/mol. The quantitative estimate of drug-likeness (QED) is 0.907. The Labute approximate surface area is 124 Å². The molecule has 0 spiro atoms. The van der Waals surface area contributed by atoms with E-state index in [4.69, 9.17) is 5.73 Å². The van der Waals surface area contributed by atoms with E-state index < -0.39 is 0 Å². The standard InChI is InChI=1S/C16H20N4O/c1-9(2)15-18-8-13(17)14(20-15)16(21)19-12-6-10(3)5-11(4)7-12/h5-9H,17H2,1-4H3,(H,19,21). The number of aryl methyl sites for hydroxylation is 2. The molecule has 5 nitrogen and oxygen atoms in total. The molecule has 0 radical (unpaired) electrons. The molecule has 110 valence electrons. The van der Waals surface area contributed by atoms with Crippen molar-refractivity contribution in [3.05, 3.63) is 47.0 Å². The van der Waals surface area contributed by atoms with Gasteiger partial charge in [0.15, 0.2) is 5.69 Å². The third-order valence-corrected chi connectivity index (χ3v) is 3.05. The van der Waals surface area contributed by atoms with Crippen LogP contribution >= 0.6 is 0 Å². The Morgan fingerprint density at radius 2 is 1.81 bits per heavy atom. The predicted molar refractivity (Wildman–Crippen MR) is 84.4 cm³/mol. The SMILES string of the molecule is Cc1cc(C)cc(NC(=O)c2nc(C(C)C)ncc2N)c1. The lowest BCUT2D eigenvalue weighted by Crippen LogP contribution is -2.18. The highest BCUT2D eigenvalue weighted by Gasteiger charge is 2.15. The van der Waals surface area contributed by atoms with Crippen LogP contribution in [0.25, 0.3) is 0 Å². The monoisotopic (exact) mass is 284 g/mol. The highest BCUT2D eigenvalue weighted by atomic mass is 16.1. The maximum atomic E-state index is 12.4. The Bertz CT molecular complexity index is 660. The van der Waals surface area contributed by atoms with Crippen LogP contribution in [0.3, 0.4) is 0 Å². The molecule has 1 amide bonds. The summed E-state index contributed by atoms with van der Waals surface area (Å²) in [4.78, 5) is 20.8. The van der Waals surface area contributed by atoms with E-state index in [1.165, 1.54) is 6.20 Å². The van der Waals surface area contributed by atoms with Gasteiger partial charge >= 0.3 is 0 Å². The van der Waals surface area contributed by atoms with E-state index in [9.17, 15) is 4.79 Å². The van der Waals surface area contributed by atoms with Crippen LogP contribution in [0, 0.1) is 13.8 Å². The minimum absolute atomic E-state index is 0.137. The van der Waals surface area contributed by atoms with Crippen LogP contribution in [0.15, 0.2) is 24.4 Å². The maximum absolute atomic E-state index is 12.4. The summed E-state index contributed by atoms with van der Waals surface area (Å²) in [6.07, 6.45) is 1.48. The summed E-state index contributed by atoms with van der Waals surface area (Å²) >= 11 is 0. The topological polar surface area (TPSA) is 80.9 Å². The molecule has 0 atom stereocenters. The Morgan fingerprint density at radius 1 is 1.19 bits per heavy atom. The number of nitrogen functional groups attached to an aromatic ring is 1. The number of amides is 1. The van der Waals surface area contributed by atoms with Gasteiger partial charge in [-0.2, -0.15) is 0 Å². The largest absolute Gasteiger partial charge is 0.396 e. The molecule has 0 fully saturated rings. The molecule has 0 aliphatic carbocycles. The third-order valence-electron chi connectivity index (χ3n) is 3.05. The number of nitrogens with one attached hydrogen (secondary N) is 1. The number of rotatable bonds is 3. The van der Waals surface area contributed by atoms with Gasteiger partial charge in [-0.05, 0) is 37.1 Å². The molecule has 2 aromatic rings. The molecular formula is C16H20N4O. The predicted octanol–water partition coefficient (Wildman–Crippen LogP) is 3.05. The van der Waals surface area contributed by atoms with Crippen molar-refractivity contribution < 1.29 is 4.79 Å². The average Bonchev–Trinajstić information content (AvgIpc) is 2.37. The van der Waals surface area contributed by atoms with Gasteiger partial charge in [0.1, 0.15) is 5.82 Å². The third kappa shape index (κ3) is 3.56. The van der Waals surface area contributed by atoms with Crippen LogP contribution in [0.2, 0.25) is 0 Å². The van der Waals surface area contributed by atoms with Crippen molar-refractivity contribution in [2.24, 2.45) is 0 Å². The zero-order chi connectivity index (χ0) is 15.6. The van der Waals surface area contributed by atoms with Crippen LogP contribution in [0.1, 0.15) is 47.2 Å². The van der Waals surface area contributed by atoms with Crippen molar-refractivity contribution in [2.45, 2.75) is 33.6 Å². The van der Waals surface area contributed by atoms with Crippen molar-refractivity contribution in [3.63, 3.8) is 0 Å². The first-order chi connectivity index (χ1) is 9.86. The van der Waals surface area contributed by atoms with Crippen LogP contribution in [0.5, 0.6) is 0 Å². The molecule has 0 saturated carbocycles. The van der Waals surface area contributed by atoms with Crippen molar-refractivity contribution in [1.29, 1.82) is 0 Å². The van der Waals surface area contributed by atoms with Gasteiger partial charge in [0, 0.05) is 11.6 Å². The van der Waals surface area contributed by atoms with E-state index >= 15 is 0 Å². The highest BCUT2D eigenvalue weighted by Crippen LogP contribution is 2.17. The summed E-state index contributed by atoms with van der Waals surface area (Å²) < 4.78 is 0. The van der Waals surface area contributed by atoms with Crippen LogP contribution < -0.4 is 11.1 Å². The number of aromatic nitrogens is 2. The molecule has 3 N–H and O–H groups in total. The summed E-state index contributed by atoms with van der Waals surface area (Å²) in [5, 5.41) is 2.84. The van der Waals surface area contributed by atoms with E-state index in [1.807, 2.05) is 45.9 Å². The molecule has 1 aromatic heterocycles. The Hall–Kier alpha value is -2.43. The number of carbonyl (C=O) groups is 1. The molecule has 1 heterocycles. The van der Waals surface area contributed by atoms with Crippen LogP contribution in [0.4, 0.5) is 11.4 Å². The first-order valence-electron chi connectivity index (χ1n) is 6.89. The molecule has 0 bridgehead atoms. The zero-order valence-electron chi connectivity index (χ0n) is 12.8. The molecule has 0 aliphatic rings. The smallest absolute Gasteiger partial charge is 0.276 e. The second-order valence-electron chi connectivity index (χ2n) is 5.52. The van der Waals surface area contributed by atoms with Crippen molar-refractivity contribution >= 4 is 17.3 Å². The first kappa shape index (κ1) is 15.0. The van der Waals surface area contributed by atoms with Crippen LogP contribution in [-0.2, 0) is 0 Å². The highest BCUT2D eigenvalue weighted by molar-refractivity contribution is 6.06. The summed E-state index contributed by atoms with van der Waals surface area (Å²) in [5.74, 6) is 0.426. The Morgan fingerprint density at radius 3 is 2.38 bits per heavy atom. The summed E-state index contributed by atoms with van der Waals surface area (Å²) in [6, 6.07) is 5.86. The summed E-state index contributed by atoms with van der Waals surface area (Å²) in [7, 11) is 0. The fraction of sp³-hybridized carbons (Fsp3) is 0.312. The maximum Gasteiger partial charge on any atom is 0.276 e. The number of benzene rings is 1. The minimum Gasteiger partial charge on any atom is -0.396 e. The molecule has 0 aliphatic heterocycles. The molecular weight excluding hydrogens is 264 g/mol. The van der Waals surface area contributed by atoms with Crippen LogP contribution in [-0.4, -0.2) is 15.9 Å². The molecule has 5 heteroatoms. The summed E-state index contributed by atoms with van der Waals surface area (Å²) in [5.41, 5.74) is 9.22. The van der Waals surface area contributed by atoms with Gasteiger partial charge in [-0.25, -0.2) is 9.97 Å². The number of anilines is 2. The fourth-order valence-corrected chi connectivity index (χ4v) is 2.10. The lowest BCUT2D eigenvalue weighted by Gasteiger charge is -2.10. The number of nitrogens with two attached hydrogens (primary N) is 1. The van der Waals surface area contributed by atoms with Gasteiger partial charge < -0.3 is 11.1 Å². The van der Waals surface area contributed by atoms with Gasteiger partial charge in [0.25, 0.3) is 5.91 Å². The molecule has 0 saturated heterocycles. The number of nitrogens with zero attached hydrogens (tertiary/aromatic N) is 2. The lowest BCUT2D eigenvalue weighted by molar-refractivity contribution is 0.102. The van der Waals surface area contributed by atoms with E-state index in [0.717, 1.165) is 16.8 Å². The Balaban J connectivity index is 2.29. The molecule has 2 rings (SSSR count). The van der Waals surface area contributed by atoms with Gasteiger partial charge in [-0.1, -0.05) is 19.9 Å². The van der Waals surface area contributed by atoms with Gasteiger partial charge in [-0.3, -0.25) is 4.79 Å². The Kier molecular flexibility index (Phi) is 4.21. The van der Waals surface area contributed by atoms with E-state index in [0.29, 0.717) is 5.82 Å². The van der Waals surface area contributed by atoms with E-state index in [2.05, 4.69) is 15.3 Å². The van der Waals surface area contributed by atoms with Gasteiger partial charge in [0.2, 0.25) is 0 Å². The number of hydrogen-bond donors (Lipinski definition) is 2. The number of hydrogen-bond acceptors (Lipinski definition) is 4. The second-order valence-corrected chi connectivity index (χ2v) is 5.52.